The van der Waals surface area contributed by atoms with E-state index in [4.69, 9.17) is 23.0 Å². The lowest BCUT2D eigenvalue weighted by Gasteiger charge is -2.48. The molecule has 4 rings (SSSR count). The van der Waals surface area contributed by atoms with E-state index in [-0.39, 0.29) is 25.9 Å². The van der Waals surface area contributed by atoms with Gasteiger partial charge in [0.2, 0.25) is 29.2 Å². The third kappa shape index (κ3) is 17.9. The highest BCUT2D eigenvalue weighted by Gasteiger charge is 2.76. The molecule has 2 saturated heterocycles. The number of likely N-dealkylation sites (tertiary alicyclic amines) is 2. The molecule has 2 aliphatic heterocycles. The number of oxazole rings is 2. The van der Waals surface area contributed by atoms with Crippen LogP contribution >= 0.6 is 0 Å². The summed E-state index contributed by atoms with van der Waals surface area (Å²) in [5, 5.41) is 98.6. The van der Waals surface area contributed by atoms with E-state index >= 15 is 0 Å². The number of nitrogens with one attached hydrogen (secondary N) is 2. The Morgan fingerprint density at radius 2 is 1.01 bits per heavy atom. The number of amides is 4. The number of nitrogens with zero attached hydrogens (tertiary/aromatic N) is 4. The van der Waals surface area contributed by atoms with Crippen molar-refractivity contribution in [1.82, 2.24) is 30.4 Å². The minimum absolute atomic E-state index is 0.0631. The van der Waals surface area contributed by atoms with E-state index in [0.717, 1.165) is 19.0 Å². The number of hydrogen-bond donors (Lipinski definition) is 10. The molecule has 2 fully saturated rings. The SMILES string of the molecule is CO[C@@H](C[C@@H](C)[C@@H](O)C=CC=CCNC(=O)C(C)(C)[C@H](O)C(C)=CC=CC=CCc1cnco1)[C@]1(O)[C@@H](C)C(=O)N(C)[C@]1(COC(=O)[C@@]1(CO)N(C)C(=O)[C@H](C)[C@@]1(O)[C@H](C[C@@H](C)[C@@H](O)C=CC=CCNC(=O)C(C)(C)[C@H](O)C(C)=CC=CC=CCc1cnco1)OC)C(=O)O. The molecule has 0 aromatic carbocycles. The molecule has 2 aromatic rings. The highest BCUT2D eigenvalue weighted by molar-refractivity contribution is 5.98. The third-order valence-corrected chi connectivity index (χ3v) is 18.7. The Labute approximate surface area is 556 Å². The Morgan fingerprint density at radius 1 is 0.632 bits per heavy atom. The zero-order valence-electron chi connectivity index (χ0n) is 57.0. The lowest BCUT2D eigenvalue weighted by atomic mass is 9.69. The number of carbonyl (C=O) groups excluding carboxylic acids is 5. The van der Waals surface area contributed by atoms with Gasteiger partial charge in [0, 0.05) is 54.2 Å². The highest BCUT2D eigenvalue weighted by Crippen LogP contribution is 2.51. The number of likely N-dealkylation sites (N-methyl/N-ethyl adjacent to an activating group) is 2. The smallest absolute Gasteiger partial charge is 0.337 e. The van der Waals surface area contributed by atoms with Crippen molar-refractivity contribution in [2.24, 2.45) is 34.5 Å². The standard InChI is InChI=1S/C70H100N6O19/c1-45(29-21-15-17-23-31-51-39-71-43-94-51)57(80)65(7,8)61(84)73-35-27-19-25-33-53(78)47(3)37-55(91-13)69(89)49(5)59(82)75(11)67(69,41-77)64(88)93-42-68(63(86)87)70(90,50(6)60(83)76(68)12)56(92-14)38-48(4)54(79)34-26-20-28-36-74-62(85)66(9,10)58(81)46(2)30-22-16-18-24-32-52-40-72-44-95-52/h15-30,33-34,39-40,43-44,47-50,53-58,77-81,89-90H,31-32,35-38,41-42H2,1-14H3,(H,73,84)(H,74,85)(H,86,87)/t47-,48-,49+,50+,53+,54+,55+,56+,57-,58-,67-,68-,69-,70-/m1/s1. The number of hydrogen-bond acceptors (Lipinski definition) is 20. The van der Waals surface area contributed by atoms with E-state index in [1.807, 2.05) is 24.3 Å². The van der Waals surface area contributed by atoms with Gasteiger partial charge >= 0.3 is 11.9 Å². The number of aromatic nitrogens is 2. The average Bonchev–Trinajstić information content (AvgIpc) is 1.56. The molecule has 4 heterocycles. The van der Waals surface area contributed by atoms with Crippen molar-refractivity contribution in [2.75, 3.05) is 54.6 Å². The molecular weight excluding hydrogens is 1230 g/mol. The second-order valence-corrected chi connectivity index (χ2v) is 25.6. The van der Waals surface area contributed by atoms with Gasteiger partial charge in [0.25, 0.3) is 0 Å². The fraction of sp³-hybridized carbons (Fsp3) is 0.543. The first-order valence-corrected chi connectivity index (χ1v) is 31.5. The number of aliphatic hydroxyl groups is 7. The maximum atomic E-state index is 14.9. The lowest BCUT2D eigenvalue weighted by molar-refractivity contribution is -0.217. The maximum absolute atomic E-state index is 14.9. The molecule has 0 aliphatic carbocycles. The van der Waals surface area contributed by atoms with Crippen LogP contribution in [0.1, 0.15) is 93.6 Å². The van der Waals surface area contributed by atoms with E-state index in [1.54, 1.807) is 129 Å². The molecule has 4 amide bonds. The molecule has 0 spiro atoms. The molecule has 2 aromatic heterocycles. The molecule has 14 atom stereocenters. The Hall–Kier alpha value is -7.72. The van der Waals surface area contributed by atoms with Gasteiger partial charge in [-0.25, -0.2) is 19.6 Å². The molecule has 10 N–H and O–H groups in total. The molecule has 0 unspecified atom stereocenters. The van der Waals surface area contributed by atoms with Crippen molar-refractivity contribution in [2.45, 2.75) is 154 Å². The zero-order chi connectivity index (χ0) is 71.3. The van der Waals surface area contributed by atoms with Gasteiger partial charge in [-0.2, -0.15) is 0 Å². The number of carbonyl (C=O) groups is 6. The summed E-state index contributed by atoms with van der Waals surface area (Å²) in [6.45, 7) is 13.2. The van der Waals surface area contributed by atoms with Crippen molar-refractivity contribution in [1.29, 1.82) is 0 Å². The van der Waals surface area contributed by atoms with Crippen molar-refractivity contribution in [3.05, 3.63) is 157 Å². The maximum Gasteiger partial charge on any atom is 0.337 e. The lowest BCUT2D eigenvalue weighted by Crippen LogP contribution is -2.73. The number of rotatable bonds is 37. The largest absolute Gasteiger partial charge is 0.479 e. The van der Waals surface area contributed by atoms with E-state index < -0.39 is 142 Å². The molecule has 25 heteroatoms. The van der Waals surface area contributed by atoms with Crippen LogP contribution in [0.25, 0.3) is 0 Å². The van der Waals surface area contributed by atoms with Crippen LogP contribution in [0.5, 0.6) is 0 Å². The van der Waals surface area contributed by atoms with Gasteiger partial charge in [0.1, 0.15) is 29.3 Å². The monoisotopic (exact) mass is 1330 g/mol. The number of carboxylic acids is 1. The van der Waals surface area contributed by atoms with Gasteiger partial charge in [0.05, 0.1) is 78.3 Å². The Bertz CT molecular complexity index is 3200. The van der Waals surface area contributed by atoms with Crippen LogP contribution in [0.15, 0.2) is 155 Å². The molecule has 0 radical (unpaired) electrons. The summed E-state index contributed by atoms with van der Waals surface area (Å²) in [7, 11) is 4.58. The van der Waals surface area contributed by atoms with Crippen LogP contribution in [0.4, 0.5) is 0 Å². The molecule has 524 valence electrons. The predicted octanol–water partition coefficient (Wildman–Crippen LogP) is 4.38. The first-order chi connectivity index (χ1) is 44.7. The summed E-state index contributed by atoms with van der Waals surface area (Å²) in [6.07, 6.45) is 28.9. The van der Waals surface area contributed by atoms with E-state index in [0.29, 0.717) is 40.4 Å². The van der Waals surface area contributed by atoms with Crippen molar-refractivity contribution in [3.63, 3.8) is 0 Å². The van der Waals surface area contributed by atoms with Gasteiger partial charge in [-0.3, -0.25) is 19.2 Å². The van der Waals surface area contributed by atoms with E-state index in [1.165, 1.54) is 65.2 Å². The summed E-state index contributed by atoms with van der Waals surface area (Å²) in [5.74, 6) is -9.11. The average molecular weight is 1330 g/mol. The number of aliphatic carboxylic acids is 1. The van der Waals surface area contributed by atoms with Crippen LogP contribution in [0.3, 0.4) is 0 Å². The van der Waals surface area contributed by atoms with Gasteiger partial charge in [0.15, 0.2) is 18.3 Å². The van der Waals surface area contributed by atoms with Gasteiger partial charge in [-0.1, -0.05) is 137 Å². The number of esters is 1. The number of methoxy groups -OCH3 is 2. The predicted molar refractivity (Wildman–Crippen MR) is 353 cm³/mol. The number of aliphatic hydroxyl groups excluding tert-OH is 5. The van der Waals surface area contributed by atoms with Crippen LogP contribution < -0.4 is 10.6 Å². The summed E-state index contributed by atoms with van der Waals surface area (Å²) in [4.78, 5) is 92.3. The van der Waals surface area contributed by atoms with E-state index in [9.17, 15) is 69.6 Å². The van der Waals surface area contributed by atoms with Gasteiger partial charge in [-0.15, -0.1) is 0 Å². The molecule has 0 bridgehead atoms. The topological polar surface area (TPSA) is 375 Å². The normalized spacial score (nSPS) is 25.4. The zero-order valence-corrected chi connectivity index (χ0v) is 57.0. The Kier molecular flexibility index (Phi) is 29.6. The van der Waals surface area contributed by atoms with Gasteiger partial charge in [-0.05, 0) is 77.4 Å². The summed E-state index contributed by atoms with van der Waals surface area (Å²) in [5.41, 5.74) is -12.2. The van der Waals surface area contributed by atoms with E-state index in [2.05, 4.69) is 20.6 Å². The second-order valence-electron chi connectivity index (χ2n) is 25.6. The van der Waals surface area contributed by atoms with Crippen LogP contribution in [-0.4, -0.2) is 210 Å². The fourth-order valence-corrected chi connectivity index (χ4v) is 12.1. The summed E-state index contributed by atoms with van der Waals surface area (Å²) >= 11 is 0. The molecule has 25 nitrogen and oxygen atoms in total. The molecule has 2 aliphatic rings. The van der Waals surface area contributed by atoms with Crippen LogP contribution in [-0.2, 0) is 55.8 Å². The molecule has 95 heavy (non-hydrogen) atoms. The van der Waals surface area contributed by atoms with Gasteiger partial charge < -0.3 is 84.3 Å². The quantitative estimate of drug-likeness (QED) is 0.0331. The summed E-state index contributed by atoms with van der Waals surface area (Å²) in [6, 6.07) is 0. The number of carboxylic acid groups (broad SMARTS) is 1. The minimum Gasteiger partial charge on any atom is -0.479 e. The molecular formula is C70H100N6O19. The Morgan fingerprint density at radius 3 is 1.37 bits per heavy atom. The molecule has 0 saturated carbocycles. The summed E-state index contributed by atoms with van der Waals surface area (Å²) < 4.78 is 27.8. The second kappa shape index (κ2) is 35.3. The van der Waals surface area contributed by atoms with Crippen molar-refractivity contribution < 1.29 is 92.7 Å². The Balaban J connectivity index is 1.43. The fourth-order valence-electron chi connectivity index (χ4n) is 12.1. The minimum atomic E-state index is -2.83. The third-order valence-electron chi connectivity index (χ3n) is 18.7. The highest BCUT2D eigenvalue weighted by atomic mass is 16.6. The number of allylic oxidation sites excluding steroid dienone is 14. The van der Waals surface area contributed by atoms with Crippen molar-refractivity contribution in [3.8, 4) is 0 Å². The number of ether oxygens (including phenoxy) is 3. The van der Waals surface area contributed by atoms with Crippen molar-refractivity contribution >= 4 is 35.6 Å². The van der Waals surface area contributed by atoms with Crippen LogP contribution in [0.2, 0.25) is 0 Å². The first kappa shape index (κ1) is 79.7. The van der Waals surface area contributed by atoms with Crippen LogP contribution in [0, 0.1) is 34.5 Å². The first-order valence-electron chi connectivity index (χ1n) is 31.5.